The molecule has 0 saturated heterocycles. The molecule has 0 aromatic carbocycles. The molecule has 4 rings (SSSR count). The molecule has 1 amide bonds. The fourth-order valence-corrected chi connectivity index (χ4v) is 4.22. The van der Waals surface area contributed by atoms with Crippen molar-refractivity contribution in [1.29, 1.82) is 5.26 Å². The second kappa shape index (κ2) is 7.23. The normalized spacial score (nSPS) is 15.7. The highest BCUT2D eigenvalue weighted by molar-refractivity contribution is 5.93. The van der Waals surface area contributed by atoms with Crippen LogP contribution in [-0.2, 0) is 4.79 Å². The minimum absolute atomic E-state index is 0.0973. The molecule has 7 heteroatoms. The molecule has 3 aromatic heterocycles. The summed E-state index contributed by atoms with van der Waals surface area (Å²) >= 11 is 0. The smallest absolute Gasteiger partial charge is 0.211 e. The van der Waals surface area contributed by atoms with Gasteiger partial charge in [-0.2, -0.15) is 15.5 Å². The van der Waals surface area contributed by atoms with Gasteiger partial charge in [0.25, 0.3) is 0 Å². The lowest BCUT2D eigenvalue weighted by molar-refractivity contribution is -0.105. The van der Waals surface area contributed by atoms with E-state index >= 15 is 0 Å². The lowest BCUT2D eigenvalue weighted by atomic mass is 9.96. The van der Waals surface area contributed by atoms with Crippen LogP contribution in [0.3, 0.4) is 0 Å². The highest BCUT2D eigenvalue weighted by atomic mass is 16.1. The van der Waals surface area contributed by atoms with Crippen molar-refractivity contribution in [3.8, 4) is 17.2 Å². The van der Waals surface area contributed by atoms with Crippen LogP contribution in [0, 0.1) is 24.2 Å². The molecular weight excluding hydrogens is 340 g/mol. The number of aryl methyl sites for hydroxylation is 1. The summed E-state index contributed by atoms with van der Waals surface area (Å²) in [5, 5.41) is 21.0. The number of carbonyl (C=O) groups excluding carboxylic acids is 1. The highest BCUT2D eigenvalue weighted by Crippen LogP contribution is 2.38. The van der Waals surface area contributed by atoms with Crippen LogP contribution in [-0.4, -0.2) is 25.8 Å². The maximum Gasteiger partial charge on any atom is 0.211 e. The SMILES string of the molecule is Cc1cc2c(-c3cnn(C(CC#N)C4CCCC4)c3)c(NC=O)cnn2c1. The summed E-state index contributed by atoms with van der Waals surface area (Å²) in [5.41, 5.74) is 4.45. The van der Waals surface area contributed by atoms with Crippen LogP contribution >= 0.6 is 0 Å². The lowest BCUT2D eigenvalue weighted by Gasteiger charge is -2.21. The van der Waals surface area contributed by atoms with Crippen molar-refractivity contribution >= 4 is 17.6 Å². The first-order valence-electron chi connectivity index (χ1n) is 9.31. The third-order valence-corrected chi connectivity index (χ3v) is 5.46. The standard InChI is InChI=1S/C20H22N6O/c1-14-8-19-20(17(22-13-27)10-24-25(19)11-14)16-9-23-26(12-16)18(6-7-21)15-4-2-3-5-15/h8-13,15,18H,2-6H2,1H3,(H,22,27). The summed E-state index contributed by atoms with van der Waals surface area (Å²) in [7, 11) is 0. The Morgan fingerprint density at radius 2 is 2.15 bits per heavy atom. The van der Waals surface area contributed by atoms with E-state index in [2.05, 4.69) is 21.6 Å². The van der Waals surface area contributed by atoms with Crippen molar-refractivity contribution in [1.82, 2.24) is 19.4 Å². The van der Waals surface area contributed by atoms with Gasteiger partial charge >= 0.3 is 0 Å². The van der Waals surface area contributed by atoms with Crippen LogP contribution < -0.4 is 5.32 Å². The van der Waals surface area contributed by atoms with E-state index in [1.807, 2.05) is 40.8 Å². The first-order valence-corrected chi connectivity index (χ1v) is 9.31. The highest BCUT2D eigenvalue weighted by Gasteiger charge is 2.27. The molecule has 0 spiro atoms. The van der Waals surface area contributed by atoms with Crippen molar-refractivity contribution in [3.05, 3.63) is 36.4 Å². The zero-order valence-electron chi connectivity index (χ0n) is 15.3. The Balaban J connectivity index is 1.79. The van der Waals surface area contributed by atoms with Gasteiger partial charge in [0.05, 0.1) is 42.1 Å². The summed E-state index contributed by atoms with van der Waals surface area (Å²) < 4.78 is 3.74. The molecule has 27 heavy (non-hydrogen) atoms. The summed E-state index contributed by atoms with van der Waals surface area (Å²) in [6, 6.07) is 4.46. The number of amides is 1. The Morgan fingerprint density at radius 1 is 1.33 bits per heavy atom. The molecule has 0 bridgehead atoms. The molecule has 1 saturated carbocycles. The van der Waals surface area contributed by atoms with E-state index in [0.717, 1.165) is 35.0 Å². The second-order valence-electron chi connectivity index (χ2n) is 7.23. The minimum atomic E-state index is 0.0973. The van der Waals surface area contributed by atoms with Crippen LogP contribution in [0.4, 0.5) is 5.69 Å². The van der Waals surface area contributed by atoms with Crippen LogP contribution in [0.1, 0.15) is 43.7 Å². The fraction of sp³-hybridized carbons (Fsp3) is 0.400. The molecule has 1 atom stereocenters. The molecule has 0 radical (unpaired) electrons. The van der Waals surface area contributed by atoms with Crippen molar-refractivity contribution < 1.29 is 4.79 Å². The molecule has 1 aliphatic rings. The van der Waals surface area contributed by atoms with E-state index in [1.54, 1.807) is 6.20 Å². The summed E-state index contributed by atoms with van der Waals surface area (Å²) in [6.45, 7) is 2.01. The number of rotatable bonds is 6. The lowest BCUT2D eigenvalue weighted by Crippen LogP contribution is -2.17. The molecule has 7 nitrogen and oxygen atoms in total. The molecule has 3 heterocycles. The average Bonchev–Trinajstić information content (AvgIpc) is 3.40. The zero-order chi connectivity index (χ0) is 18.8. The number of carbonyl (C=O) groups is 1. The number of fused-ring (bicyclic) bond motifs is 1. The molecule has 1 unspecified atom stereocenters. The third kappa shape index (κ3) is 3.19. The van der Waals surface area contributed by atoms with Crippen molar-refractivity contribution in [2.75, 3.05) is 5.32 Å². The second-order valence-corrected chi connectivity index (χ2v) is 7.23. The Morgan fingerprint density at radius 3 is 2.89 bits per heavy atom. The maximum atomic E-state index is 11.1. The number of nitriles is 1. The Bertz CT molecular complexity index is 1010. The maximum absolute atomic E-state index is 11.1. The van der Waals surface area contributed by atoms with Crippen molar-refractivity contribution in [2.24, 2.45) is 5.92 Å². The molecule has 1 aliphatic carbocycles. The van der Waals surface area contributed by atoms with E-state index in [9.17, 15) is 10.1 Å². The largest absolute Gasteiger partial charge is 0.327 e. The zero-order valence-corrected chi connectivity index (χ0v) is 15.3. The van der Waals surface area contributed by atoms with Crippen LogP contribution in [0.2, 0.25) is 0 Å². The summed E-state index contributed by atoms with van der Waals surface area (Å²) in [5.74, 6) is 0.498. The van der Waals surface area contributed by atoms with Gasteiger partial charge in [-0.25, -0.2) is 4.52 Å². The van der Waals surface area contributed by atoms with Crippen molar-refractivity contribution in [2.45, 2.75) is 45.1 Å². The van der Waals surface area contributed by atoms with E-state index in [0.29, 0.717) is 24.4 Å². The van der Waals surface area contributed by atoms with Crippen LogP contribution in [0.5, 0.6) is 0 Å². The van der Waals surface area contributed by atoms with Gasteiger partial charge in [-0.05, 0) is 37.3 Å². The van der Waals surface area contributed by atoms with Crippen LogP contribution in [0.25, 0.3) is 16.6 Å². The number of anilines is 1. The first kappa shape index (κ1) is 17.3. The Hall–Kier alpha value is -3.14. The van der Waals surface area contributed by atoms with Gasteiger partial charge in [0.15, 0.2) is 0 Å². The average molecular weight is 362 g/mol. The predicted molar refractivity (Wildman–Crippen MR) is 102 cm³/mol. The van der Waals surface area contributed by atoms with Gasteiger partial charge in [-0.3, -0.25) is 9.48 Å². The van der Waals surface area contributed by atoms with Gasteiger partial charge in [0.2, 0.25) is 6.41 Å². The van der Waals surface area contributed by atoms with E-state index in [4.69, 9.17) is 0 Å². The Kier molecular flexibility index (Phi) is 4.63. The molecular formula is C20H22N6O. The van der Waals surface area contributed by atoms with Gasteiger partial charge in [0.1, 0.15) is 0 Å². The van der Waals surface area contributed by atoms with Gasteiger partial charge < -0.3 is 5.32 Å². The fourth-order valence-electron chi connectivity index (χ4n) is 4.22. The predicted octanol–water partition coefficient (Wildman–Crippen LogP) is 3.72. The van der Waals surface area contributed by atoms with Crippen LogP contribution in [0.15, 0.2) is 30.9 Å². The van der Waals surface area contributed by atoms with Crippen molar-refractivity contribution in [3.63, 3.8) is 0 Å². The number of nitrogens with zero attached hydrogens (tertiary/aromatic N) is 5. The van der Waals surface area contributed by atoms with Gasteiger partial charge in [-0.15, -0.1) is 0 Å². The number of hydrogen-bond donors (Lipinski definition) is 1. The van der Waals surface area contributed by atoms with Gasteiger partial charge in [0, 0.05) is 23.5 Å². The van der Waals surface area contributed by atoms with E-state index in [-0.39, 0.29) is 6.04 Å². The third-order valence-electron chi connectivity index (χ3n) is 5.46. The number of aromatic nitrogens is 4. The summed E-state index contributed by atoms with van der Waals surface area (Å²) in [4.78, 5) is 11.1. The first-order chi connectivity index (χ1) is 13.2. The quantitative estimate of drug-likeness (QED) is 0.677. The van der Waals surface area contributed by atoms with Gasteiger partial charge in [-0.1, -0.05) is 12.8 Å². The summed E-state index contributed by atoms with van der Waals surface area (Å²) in [6.07, 6.45) is 13.3. The Labute approximate surface area is 157 Å². The molecule has 0 aliphatic heterocycles. The molecule has 1 fully saturated rings. The van der Waals surface area contributed by atoms with E-state index in [1.165, 1.54) is 12.8 Å². The molecule has 138 valence electrons. The minimum Gasteiger partial charge on any atom is -0.327 e. The molecule has 1 N–H and O–H groups in total. The number of hydrogen-bond acceptors (Lipinski definition) is 4. The topological polar surface area (TPSA) is 88.0 Å². The number of nitrogens with one attached hydrogen (secondary N) is 1. The molecule has 3 aromatic rings. The monoisotopic (exact) mass is 362 g/mol. The van der Waals surface area contributed by atoms with E-state index < -0.39 is 0 Å².